The molecule has 2 heterocycles. The van der Waals surface area contributed by atoms with Gasteiger partial charge >= 0.3 is 0 Å². The normalized spacial score (nSPS) is 11.3. The van der Waals surface area contributed by atoms with Crippen LogP contribution in [0.15, 0.2) is 194 Å². The van der Waals surface area contributed by atoms with E-state index in [1.54, 1.807) is 17.4 Å². The number of benzene rings is 8. The van der Waals surface area contributed by atoms with E-state index in [1.165, 1.54) is 16.3 Å². The summed E-state index contributed by atoms with van der Waals surface area (Å²) in [6, 6.07) is 65.4. The smallest absolute Gasteiger partial charge is 0.164 e. The lowest BCUT2D eigenvalue weighted by Crippen LogP contribution is -2.00. The highest BCUT2D eigenvalue weighted by atomic mass is 32.1. The van der Waals surface area contributed by atoms with Gasteiger partial charge in [0.15, 0.2) is 17.5 Å². The van der Waals surface area contributed by atoms with Crippen LogP contribution >= 0.6 is 11.3 Å². The third kappa shape index (κ3) is 6.14. The highest BCUT2D eigenvalue weighted by Crippen LogP contribution is 2.49. The largest absolute Gasteiger partial charge is 0.208 e. The summed E-state index contributed by atoms with van der Waals surface area (Å²) in [5.41, 5.74) is 10.9. The summed E-state index contributed by atoms with van der Waals surface area (Å²) in [6.07, 6.45) is 0. The highest BCUT2D eigenvalue weighted by Gasteiger charge is 2.22. The Bertz CT molecular complexity index is 2940. The first-order chi connectivity index (χ1) is 27.7. The van der Waals surface area contributed by atoms with Gasteiger partial charge in [-0.25, -0.2) is 19.3 Å². The Kier molecular flexibility index (Phi) is 8.55. The molecule has 264 valence electrons. The lowest BCUT2D eigenvalue weighted by molar-refractivity contribution is 0.631. The van der Waals surface area contributed by atoms with E-state index in [4.69, 9.17) is 15.0 Å². The van der Waals surface area contributed by atoms with Gasteiger partial charge in [0.05, 0.1) is 0 Å². The van der Waals surface area contributed by atoms with Crippen LogP contribution in [-0.2, 0) is 0 Å². The van der Waals surface area contributed by atoms with E-state index >= 15 is 0 Å². The standard InChI is InChI=1S/C51H32FN3S/c52-45-24-14-13-23-40(45)35-25-27-36(28-26-35)41-29-30-42(51-54-49(37-19-9-3-10-20-37)53-50(55-51)38-21-11-4-12-22-38)46-44-32-39(33-15-5-1-6-16-33)31-43(47(44)56-48(41)46)34-17-7-2-8-18-34/h1-32H. The molecule has 10 aromatic rings. The van der Waals surface area contributed by atoms with Gasteiger partial charge in [-0.2, -0.15) is 0 Å². The van der Waals surface area contributed by atoms with Gasteiger partial charge in [0, 0.05) is 48.0 Å². The van der Waals surface area contributed by atoms with E-state index in [9.17, 15) is 4.39 Å². The minimum Gasteiger partial charge on any atom is -0.208 e. The molecule has 0 aliphatic rings. The van der Waals surface area contributed by atoms with Gasteiger partial charge in [-0.15, -0.1) is 11.3 Å². The maximum Gasteiger partial charge on any atom is 0.164 e. The molecule has 2 aromatic heterocycles. The predicted molar refractivity (Wildman–Crippen MR) is 231 cm³/mol. The summed E-state index contributed by atoms with van der Waals surface area (Å²) in [5.74, 6) is 1.60. The summed E-state index contributed by atoms with van der Waals surface area (Å²) in [5, 5.41) is 2.22. The van der Waals surface area contributed by atoms with Crippen molar-refractivity contribution in [3.05, 3.63) is 200 Å². The van der Waals surface area contributed by atoms with E-state index in [-0.39, 0.29) is 5.82 Å². The molecule has 0 bridgehead atoms. The van der Waals surface area contributed by atoms with Crippen LogP contribution in [0.25, 0.3) is 98.8 Å². The third-order valence-corrected chi connectivity index (χ3v) is 11.5. The Morgan fingerprint density at radius 3 is 1.38 bits per heavy atom. The van der Waals surface area contributed by atoms with E-state index in [1.807, 2.05) is 84.9 Å². The van der Waals surface area contributed by atoms with Gasteiger partial charge in [-0.3, -0.25) is 0 Å². The molecule has 0 amide bonds. The van der Waals surface area contributed by atoms with Gasteiger partial charge in [0.25, 0.3) is 0 Å². The second-order valence-electron chi connectivity index (χ2n) is 13.7. The predicted octanol–water partition coefficient (Wildman–Crippen LogP) is 14.0. The molecule has 0 saturated carbocycles. The SMILES string of the molecule is Fc1ccccc1-c1ccc(-c2ccc(-c3nc(-c4ccccc4)nc(-c4ccccc4)n3)c3c2sc2c(-c4ccccc4)cc(-c4ccccc4)cc23)cc1. The van der Waals surface area contributed by atoms with E-state index in [2.05, 4.69) is 97.1 Å². The lowest BCUT2D eigenvalue weighted by Gasteiger charge is -2.12. The summed E-state index contributed by atoms with van der Waals surface area (Å²) in [7, 11) is 0. The first kappa shape index (κ1) is 33.5. The molecule has 0 spiro atoms. The van der Waals surface area contributed by atoms with Crippen molar-refractivity contribution in [2.75, 3.05) is 0 Å². The first-order valence-corrected chi connectivity index (χ1v) is 19.4. The second-order valence-corrected chi connectivity index (χ2v) is 14.7. The molecule has 8 aromatic carbocycles. The molecule has 0 N–H and O–H groups in total. The molecule has 0 aliphatic carbocycles. The van der Waals surface area contributed by atoms with Crippen LogP contribution in [0.3, 0.4) is 0 Å². The minimum absolute atomic E-state index is 0.235. The summed E-state index contributed by atoms with van der Waals surface area (Å²) < 4.78 is 17.1. The van der Waals surface area contributed by atoms with Crippen LogP contribution in [0.2, 0.25) is 0 Å². The number of aromatic nitrogens is 3. The molecule has 5 heteroatoms. The molecule has 0 aliphatic heterocycles. The zero-order valence-electron chi connectivity index (χ0n) is 30.1. The van der Waals surface area contributed by atoms with Crippen molar-refractivity contribution < 1.29 is 4.39 Å². The fourth-order valence-electron chi connectivity index (χ4n) is 7.48. The maximum absolute atomic E-state index is 14.8. The molecular formula is C51H32FN3S. The van der Waals surface area contributed by atoms with Crippen LogP contribution < -0.4 is 0 Å². The third-order valence-electron chi connectivity index (χ3n) is 10.2. The van der Waals surface area contributed by atoms with Crippen molar-refractivity contribution >= 4 is 31.5 Å². The van der Waals surface area contributed by atoms with Crippen molar-refractivity contribution in [2.45, 2.75) is 0 Å². The van der Waals surface area contributed by atoms with Crippen molar-refractivity contribution in [3.63, 3.8) is 0 Å². The van der Waals surface area contributed by atoms with Gasteiger partial charge in [0.2, 0.25) is 0 Å². The fourth-order valence-corrected chi connectivity index (χ4v) is 8.86. The average Bonchev–Trinajstić information content (AvgIpc) is 3.67. The number of nitrogens with zero attached hydrogens (tertiary/aromatic N) is 3. The highest BCUT2D eigenvalue weighted by molar-refractivity contribution is 7.27. The molecule has 0 radical (unpaired) electrons. The average molecular weight is 738 g/mol. The molecule has 56 heavy (non-hydrogen) atoms. The Morgan fingerprint density at radius 2 is 0.786 bits per heavy atom. The number of halogens is 1. The monoisotopic (exact) mass is 737 g/mol. The summed E-state index contributed by atoms with van der Waals surface area (Å²) in [6.45, 7) is 0. The quantitative estimate of drug-likeness (QED) is 0.163. The topological polar surface area (TPSA) is 38.7 Å². The Balaban J connectivity index is 1.28. The van der Waals surface area contributed by atoms with Gasteiger partial charge in [-0.05, 0) is 57.6 Å². The Hall–Kier alpha value is -7.08. The number of hydrogen-bond donors (Lipinski definition) is 0. The Labute approximate surface area is 328 Å². The zero-order valence-corrected chi connectivity index (χ0v) is 30.9. The summed E-state index contributed by atoms with van der Waals surface area (Å²) in [4.78, 5) is 15.4. The van der Waals surface area contributed by atoms with Crippen molar-refractivity contribution in [3.8, 4) is 78.7 Å². The van der Waals surface area contributed by atoms with Crippen LogP contribution in [0.4, 0.5) is 4.39 Å². The number of thiophene rings is 1. The lowest BCUT2D eigenvalue weighted by atomic mass is 9.93. The van der Waals surface area contributed by atoms with Gasteiger partial charge in [-0.1, -0.05) is 170 Å². The van der Waals surface area contributed by atoms with Crippen LogP contribution in [0.5, 0.6) is 0 Å². The fraction of sp³-hybridized carbons (Fsp3) is 0. The number of fused-ring (bicyclic) bond motifs is 3. The molecule has 10 rings (SSSR count). The van der Waals surface area contributed by atoms with Crippen LogP contribution in [0, 0.1) is 5.82 Å². The molecular weight excluding hydrogens is 706 g/mol. The van der Waals surface area contributed by atoms with Gasteiger partial charge in [0.1, 0.15) is 5.82 Å². The summed E-state index contributed by atoms with van der Waals surface area (Å²) >= 11 is 1.79. The zero-order chi connectivity index (χ0) is 37.4. The van der Waals surface area contributed by atoms with Crippen LogP contribution in [0.1, 0.15) is 0 Å². The number of hydrogen-bond acceptors (Lipinski definition) is 4. The van der Waals surface area contributed by atoms with E-state index < -0.39 is 0 Å². The molecule has 0 fully saturated rings. The molecule has 0 atom stereocenters. The van der Waals surface area contributed by atoms with Crippen molar-refractivity contribution in [1.29, 1.82) is 0 Å². The first-order valence-electron chi connectivity index (χ1n) is 18.5. The second kappa shape index (κ2) is 14.3. The minimum atomic E-state index is -0.235. The molecule has 3 nitrogen and oxygen atoms in total. The van der Waals surface area contributed by atoms with Crippen LogP contribution in [-0.4, -0.2) is 15.0 Å². The molecule has 0 unspecified atom stereocenters. The maximum atomic E-state index is 14.8. The Morgan fingerprint density at radius 1 is 0.321 bits per heavy atom. The molecule has 0 saturated heterocycles. The van der Waals surface area contributed by atoms with Gasteiger partial charge < -0.3 is 0 Å². The number of rotatable bonds is 7. The van der Waals surface area contributed by atoms with E-state index in [0.717, 1.165) is 65.5 Å². The van der Waals surface area contributed by atoms with Crippen molar-refractivity contribution in [2.24, 2.45) is 0 Å². The van der Waals surface area contributed by atoms with E-state index in [0.29, 0.717) is 23.0 Å². The van der Waals surface area contributed by atoms with Crippen molar-refractivity contribution in [1.82, 2.24) is 15.0 Å².